The molecule has 2 amide bonds. The molecule has 0 bridgehead atoms. The number of methoxy groups -OCH3 is 1. The molecule has 1 fully saturated rings. The van der Waals surface area contributed by atoms with Crippen LogP contribution in [-0.2, 0) is 7.05 Å². The second-order valence-electron chi connectivity index (χ2n) is 6.80. The summed E-state index contributed by atoms with van der Waals surface area (Å²) >= 11 is 0. The molecule has 140 valence electrons. The van der Waals surface area contributed by atoms with E-state index in [9.17, 15) is 4.79 Å². The number of benzene rings is 1. The van der Waals surface area contributed by atoms with Crippen LogP contribution in [0.1, 0.15) is 30.3 Å². The summed E-state index contributed by atoms with van der Waals surface area (Å²) in [5.41, 5.74) is 0.957. The van der Waals surface area contributed by atoms with E-state index < -0.39 is 0 Å². The van der Waals surface area contributed by atoms with Crippen LogP contribution in [0.4, 0.5) is 4.79 Å². The third-order valence-corrected chi connectivity index (χ3v) is 4.89. The molecule has 0 saturated carbocycles. The lowest BCUT2D eigenvalue weighted by molar-refractivity contribution is 0.212. The first kappa shape index (κ1) is 18.3. The molecule has 1 aliphatic heterocycles. The van der Waals surface area contributed by atoms with Crippen LogP contribution in [0.15, 0.2) is 36.7 Å². The van der Waals surface area contributed by atoms with E-state index in [4.69, 9.17) is 4.74 Å². The van der Waals surface area contributed by atoms with Crippen molar-refractivity contribution in [1.29, 1.82) is 0 Å². The molecule has 2 N–H and O–H groups in total. The molecule has 1 saturated heterocycles. The summed E-state index contributed by atoms with van der Waals surface area (Å²) in [7, 11) is 5.67. The van der Waals surface area contributed by atoms with Gasteiger partial charge in [-0.25, -0.2) is 9.78 Å². The fraction of sp³-hybridized carbons (Fsp3) is 0.474. The zero-order chi connectivity index (χ0) is 18.5. The predicted octanol–water partition coefficient (Wildman–Crippen LogP) is 1.91. The molecular formula is C19H27N5O2. The molecule has 1 unspecified atom stereocenters. The van der Waals surface area contributed by atoms with E-state index in [-0.39, 0.29) is 18.1 Å². The van der Waals surface area contributed by atoms with E-state index in [0.717, 1.165) is 43.1 Å². The van der Waals surface area contributed by atoms with Gasteiger partial charge in [-0.2, -0.15) is 0 Å². The van der Waals surface area contributed by atoms with Crippen LogP contribution in [0, 0.1) is 0 Å². The lowest BCUT2D eigenvalue weighted by Crippen LogP contribution is -2.48. The van der Waals surface area contributed by atoms with Gasteiger partial charge in [0.15, 0.2) is 0 Å². The Morgan fingerprint density at radius 1 is 1.23 bits per heavy atom. The Hall–Kier alpha value is -2.54. The van der Waals surface area contributed by atoms with Gasteiger partial charge in [0.2, 0.25) is 0 Å². The Balaban J connectivity index is 1.73. The molecule has 26 heavy (non-hydrogen) atoms. The van der Waals surface area contributed by atoms with Gasteiger partial charge in [0.05, 0.1) is 7.11 Å². The summed E-state index contributed by atoms with van der Waals surface area (Å²) < 4.78 is 7.15. The number of likely N-dealkylation sites (tertiary alicyclic amines) is 1. The van der Waals surface area contributed by atoms with Gasteiger partial charge in [0.1, 0.15) is 17.6 Å². The summed E-state index contributed by atoms with van der Waals surface area (Å²) in [6, 6.07) is 7.41. The van der Waals surface area contributed by atoms with Crippen molar-refractivity contribution in [3.05, 3.63) is 48.0 Å². The maximum atomic E-state index is 12.6. The van der Waals surface area contributed by atoms with Gasteiger partial charge in [-0.15, -0.1) is 0 Å². The highest BCUT2D eigenvalue weighted by atomic mass is 16.5. The average Bonchev–Trinajstić information content (AvgIpc) is 3.07. The molecule has 2 aromatic rings. The van der Waals surface area contributed by atoms with E-state index in [1.165, 1.54) is 0 Å². The Morgan fingerprint density at radius 3 is 2.50 bits per heavy atom. The van der Waals surface area contributed by atoms with Crippen LogP contribution in [-0.4, -0.2) is 53.8 Å². The zero-order valence-corrected chi connectivity index (χ0v) is 15.6. The second-order valence-corrected chi connectivity index (χ2v) is 6.80. The van der Waals surface area contributed by atoms with Crippen molar-refractivity contribution >= 4 is 6.03 Å². The minimum atomic E-state index is -0.327. The van der Waals surface area contributed by atoms with Gasteiger partial charge in [-0.3, -0.25) is 0 Å². The summed E-state index contributed by atoms with van der Waals surface area (Å²) in [5, 5.41) is 6.19. The zero-order valence-electron chi connectivity index (χ0n) is 15.6. The number of ether oxygens (including phenoxy) is 1. The van der Waals surface area contributed by atoms with Crippen molar-refractivity contribution in [2.75, 3.05) is 27.2 Å². The number of aromatic nitrogens is 2. The number of rotatable bonds is 5. The SMILES string of the molecule is COc1ccc(C(NC(=O)NC2CCN(C)CC2)c2nccn2C)cc1. The first-order valence-electron chi connectivity index (χ1n) is 8.93. The predicted molar refractivity (Wildman–Crippen MR) is 100 cm³/mol. The van der Waals surface area contributed by atoms with Crippen LogP contribution < -0.4 is 15.4 Å². The first-order valence-corrected chi connectivity index (χ1v) is 8.93. The quantitative estimate of drug-likeness (QED) is 0.858. The molecule has 7 heteroatoms. The average molecular weight is 357 g/mol. The highest BCUT2D eigenvalue weighted by molar-refractivity contribution is 5.75. The summed E-state index contributed by atoms with van der Waals surface area (Å²) in [6.07, 6.45) is 5.56. The second kappa shape index (κ2) is 8.23. The normalized spacial score (nSPS) is 16.9. The number of hydrogen-bond donors (Lipinski definition) is 2. The van der Waals surface area contributed by atoms with Gasteiger partial charge in [0.25, 0.3) is 0 Å². The Bertz CT molecular complexity index is 720. The van der Waals surface area contributed by atoms with Crippen molar-refractivity contribution in [2.24, 2.45) is 7.05 Å². The number of imidazole rings is 1. The van der Waals surface area contributed by atoms with Gasteiger partial charge in [-0.05, 0) is 50.7 Å². The van der Waals surface area contributed by atoms with Crippen LogP contribution in [0.2, 0.25) is 0 Å². The molecule has 1 atom stereocenters. The molecule has 1 aliphatic rings. The molecule has 0 aliphatic carbocycles. The number of nitrogens with one attached hydrogen (secondary N) is 2. The number of carbonyl (C=O) groups is 1. The molecule has 2 heterocycles. The molecule has 7 nitrogen and oxygen atoms in total. The number of piperidine rings is 1. The Kier molecular flexibility index (Phi) is 5.78. The molecule has 0 spiro atoms. The van der Waals surface area contributed by atoms with Crippen LogP contribution in [0.3, 0.4) is 0 Å². The topological polar surface area (TPSA) is 71.4 Å². The lowest BCUT2D eigenvalue weighted by atomic mass is 10.1. The maximum absolute atomic E-state index is 12.6. The number of carbonyl (C=O) groups excluding carboxylic acids is 1. The number of amides is 2. The fourth-order valence-electron chi connectivity index (χ4n) is 3.26. The first-order chi connectivity index (χ1) is 12.6. The number of urea groups is 1. The third kappa shape index (κ3) is 4.35. The lowest BCUT2D eigenvalue weighted by Gasteiger charge is -2.30. The number of hydrogen-bond acceptors (Lipinski definition) is 4. The third-order valence-electron chi connectivity index (χ3n) is 4.89. The van der Waals surface area contributed by atoms with Gasteiger partial charge in [0, 0.05) is 25.5 Å². The number of aryl methyl sites for hydroxylation is 1. The van der Waals surface area contributed by atoms with E-state index in [2.05, 4.69) is 27.6 Å². The van der Waals surface area contributed by atoms with Crippen LogP contribution in [0.25, 0.3) is 0 Å². The van der Waals surface area contributed by atoms with Crippen molar-refractivity contribution in [3.8, 4) is 5.75 Å². The molecule has 3 rings (SSSR count). The Morgan fingerprint density at radius 2 is 1.92 bits per heavy atom. The molecular weight excluding hydrogens is 330 g/mol. The number of nitrogens with zero attached hydrogens (tertiary/aromatic N) is 3. The van der Waals surface area contributed by atoms with E-state index in [0.29, 0.717) is 0 Å². The van der Waals surface area contributed by atoms with Crippen molar-refractivity contribution in [3.63, 3.8) is 0 Å². The Labute approximate surface area is 154 Å². The molecule has 1 aromatic heterocycles. The minimum Gasteiger partial charge on any atom is -0.497 e. The minimum absolute atomic E-state index is 0.164. The van der Waals surface area contributed by atoms with E-state index in [1.54, 1.807) is 13.3 Å². The summed E-state index contributed by atoms with van der Waals surface area (Å²) in [5.74, 6) is 1.57. The highest BCUT2D eigenvalue weighted by Gasteiger charge is 2.23. The van der Waals surface area contributed by atoms with Crippen LogP contribution >= 0.6 is 0 Å². The van der Waals surface area contributed by atoms with Crippen molar-refractivity contribution in [1.82, 2.24) is 25.1 Å². The van der Waals surface area contributed by atoms with E-state index >= 15 is 0 Å². The van der Waals surface area contributed by atoms with Gasteiger partial charge in [-0.1, -0.05) is 12.1 Å². The summed E-state index contributed by atoms with van der Waals surface area (Å²) in [6.45, 7) is 2.01. The fourth-order valence-corrected chi connectivity index (χ4v) is 3.26. The summed E-state index contributed by atoms with van der Waals surface area (Å²) in [4.78, 5) is 19.3. The van der Waals surface area contributed by atoms with Crippen LogP contribution in [0.5, 0.6) is 5.75 Å². The largest absolute Gasteiger partial charge is 0.497 e. The molecule has 1 aromatic carbocycles. The molecule has 0 radical (unpaired) electrons. The highest BCUT2D eigenvalue weighted by Crippen LogP contribution is 2.23. The standard InChI is InChI=1S/C19H27N5O2/c1-23-11-8-15(9-12-23)21-19(25)22-17(18-20-10-13-24(18)2)14-4-6-16(26-3)7-5-14/h4-7,10,13,15,17H,8-9,11-12H2,1-3H3,(H2,21,22,25). The monoisotopic (exact) mass is 357 g/mol. The smallest absolute Gasteiger partial charge is 0.315 e. The van der Waals surface area contributed by atoms with Crippen molar-refractivity contribution < 1.29 is 9.53 Å². The van der Waals surface area contributed by atoms with Gasteiger partial charge >= 0.3 is 6.03 Å². The van der Waals surface area contributed by atoms with E-state index in [1.807, 2.05) is 42.1 Å². The van der Waals surface area contributed by atoms with Gasteiger partial charge < -0.3 is 24.8 Å². The maximum Gasteiger partial charge on any atom is 0.315 e. The van der Waals surface area contributed by atoms with Crippen molar-refractivity contribution in [2.45, 2.75) is 24.9 Å².